The fraction of sp³-hybridized carbons (Fsp3) is 0.640. The largest absolute Gasteiger partial charge is 0.493 e. The van der Waals surface area contributed by atoms with Crippen LogP contribution in [0.2, 0.25) is 0 Å². The lowest BCUT2D eigenvalue weighted by atomic mass is 9.81. The standard InChI is InChI=1S/C25H36F3N3O3S/c1-5-6-7-8-9-10-13-34-19-12-11-17(14-18(19)25(26,27)28)21-30-31-22(35-21)20(29)16(2)15-24(3,4)23(32)33/h11-12,14,16,20H,5-10,13,15,29H2,1-4H3,(H,32,33). The van der Waals surface area contributed by atoms with Gasteiger partial charge in [-0.1, -0.05) is 57.3 Å². The molecule has 0 aliphatic rings. The number of nitrogens with zero attached hydrogens (tertiary/aromatic N) is 2. The molecule has 35 heavy (non-hydrogen) atoms. The van der Waals surface area contributed by atoms with E-state index in [-0.39, 0.29) is 23.8 Å². The maximum Gasteiger partial charge on any atom is 0.419 e. The molecule has 1 aromatic heterocycles. The van der Waals surface area contributed by atoms with Crippen LogP contribution < -0.4 is 10.5 Å². The number of carboxylic acid groups (broad SMARTS) is 1. The Kier molecular flexibility index (Phi) is 10.5. The van der Waals surface area contributed by atoms with Gasteiger partial charge in [-0.3, -0.25) is 4.79 Å². The average Bonchev–Trinajstić information content (AvgIpc) is 3.27. The first-order valence-corrected chi connectivity index (χ1v) is 12.8. The van der Waals surface area contributed by atoms with Crippen molar-refractivity contribution in [2.24, 2.45) is 17.1 Å². The quantitative estimate of drug-likeness (QED) is 0.260. The zero-order valence-electron chi connectivity index (χ0n) is 20.8. The third kappa shape index (κ3) is 8.45. The Bertz CT molecular complexity index is 963. The molecular formula is C25H36F3N3O3S. The second kappa shape index (κ2) is 12.7. The molecular weight excluding hydrogens is 479 g/mol. The van der Waals surface area contributed by atoms with E-state index in [9.17, 15) is 23.1 Å². The molecule has 6 nitrogen and oxygen atoms in total. The molecule has 2 aromatic rings. The van der Waals surface area contributed by atoms with E-state index in [4.69, 9.17) is 10.5 Å². The van der Waals surface area contributed by atoms with Gasteiger partial charge < -0.3 is 15.6 Å². The average molecular weight is 516 g/mol. The van der Waals surface area contributed by atoms with E-state index in [1.165, 1.54) is 6.07 Å². The molecule has 10 heteroatoms. The van der Waals surface area contributed by atoms with Crippen molar-refractivity contribution in [2.45, 2.75) is 84.9 Å². The van der Waals surface area contributed by atoms with Gasteiger partial charge in [0, 0.05) is 5.56 Å². The first-order chi connectivity index (χ1) is 16.4. The second-order valence-electron chi connectivity index (χ2n) is 9.67. The Labute approximate surface area is 209 Å². The van der Waals surface area contributed by atoms with E-state index in [1.807, 2.05) is 6.92 Å². The van der Waals surface area contributed by atoms with E-state index in [0.29, 0.717) is 22.9 Å². The van der Waals surface area contributed by atoms with Crippen LogP contribution >= 0.6 is 11.3 Å². The number of aliphatic carboxylic acids is 1. The van der Waals surface area contributed by atoms with Crippen LogP contribution in [0.1, 0.15) is 89.3 Å². The highest BCUT2D eigenvalue weighted by Crippen LogP contribution is 2.40. The summed E-state index contributed by atoms with van der Waals surface area (Å²) in [5.41, 5.74) is 4.75. The van der Waals surface area contributed by atoms with Crippen LogP contribution in [0.25, 0.3) is 10.6 Å². The highest BCUT2D eigenvalue weighted by molar-refractivity contribution is 7.14. The smallest absolute Gasteiger partial charge is 0.419 e. The molecule has 0 amide bonds. The Balaban J connectivity index is 2.12. The fourth-order valence-electron chi connectivity index (χ4n) is 3.82. The molecule has 3 N–H and O–H groups in total. The molecule has 0 fully saturated rings. The number of ether oxygens (including phenoxy) is 1. The Hall–Kier alpha value is -2.20. The predicted octanol–water partition coefficient (Wildman–Crippen LogP) is 7.10. The number of hydrogen-bond donors (Lipinski definition) is 2. The molecule has 0 aliphatic carbocycles. The first kappa shape index (κ1) is 29.0. The zero-order chi connectivity index (χ0) is 26.2. The highest BCUT2D eigenvalue weighted by Gasteiger charge is 2.35. The van der Waals surface area contributed by atoms with Gasteiger partial charge >= 0.3 is 12.1 Å². The second-order valence-corrected chi connectivity index (χ2v) is 10.7. The van der Waals surface area contributed by atoms with Crippen molar-refractivity contribution < 1.29 is 27.8 Å². The number of rotatable bonds is 14. The van der Waals surface area contributed by atoms with Crippen LogP contribution in [0.15, 0.2) is 18.2 Å². The zero-order valence-corrected chi connectivity index (χ0v) is 21.6. The van der Waals surface area contributed by atoms with Gasteiger partial charge in [-0.2, -0.15) is 13.2 Å². The SMILES string of the molecule is CCCCCCCCOc1ccc(-c2nnc(C(N)C(C)CC(C)(C)C(=O)O)s2)cc1C(F)(F)F. The van der Waals surface area contributed by atoms with Crippen molar-refractivity contribution in [3.63, 3.8) is 0 Å². The maximum absolute atomic E-state index is 13.7. The molecule has 0 spiro atoms. The number of unbranched alkanes of at least 4 members (excludes halogenated alkanes) is 5. The maximum atomic E-state index is 13.7. The van der Waals surface area contributed by atoms with Crippen molar-refractivity contribution in [1.29, 1.82) is 0 Å². The van der Waals surface area contributed by atoms with Crippen molar-refractivity contribution in [3.8, 4) is 16.3 Å². The molecule has 196 valence electrons. The Morgan fingerprint density at radius 1 is 1.14 bits per heavy atom. The summed E-state index contributed by atoms with van der Waals surface area (Å²) in [6.45, 7) is 7.44. The summed E-state index contributed by atoms with van der Waals surface area (Å²) in [4.78, 5) is 11.4. The minimum atomic E-state index is -4.58. The summed E-state index contributed by atoms with van der Waals surface area (Å²) >= 11 is 1.11. The molecule has 0 saturated carbocycles. The number of aromatic nitrogens is 2. The molecule has 1 heterocycles. The summed E-state index contributed by atoms with van der Waals surface area (Å²) < 4.78 is 46.7. The van der Waals surface area contributed by atoms with Crippen LogP contribution in [0.5, 0.6) is 5.75 Å². The fourth-order valence-corrected chi connectivity index (χ4v) is 4.80. The summed E-state index contributed by atoms with van der Waals surface area (Å²) in [5, 5.41) is 18.2. The van der Waals surface area contributed by atoms with Gasteiger partial charge in [-0.25, -0.2) is 0 Å². The van der Waals surface area contributed by atoms with Crippen LogP contribution in [-0.2, 0) is 11.0 Å². The van der Waals surface area contributed by atoms with Crippen LogP contribution in [0.4, 0.5) is 13.2 Å². The molecule has 1 aromatic carbocycles. The molecule has 0 radical (unpaired) electrons. The highest BCUT2D eigenvalue weighted by atomic mass is 32.1. The summed E-state index contributed by atoms with van der Waals surface area (Å²) in [6.07, 6.45) is 1.86. The Morgan fingerprint density at radius 3 is 2.43 bits per heavy atom. The predicted molar refractivity (Wildman–Crippen MR) is 131 cm³/mol. The van der Waals surface area contributed by atoms with Gasteiger partial charge in [-0.15, -0.1) is 10.2 Å². The number of benzene rings is 1. The van der Waals surface area contributed by atoms with Gasteiger partial charge in [0.25, 0.3) is 0 Å². The monoisotopic (exact) mass is 515 g/mol. The number of halogens is 3. The third-order valence-electron chi connectivity index (χ3n) is 6.04. The number of nitrogens with two attached hydrogens (primary N) is 1. The number of hydrogen-bond acceptors (Lipinski definition) is 6. The summed E-state index contributed by atoms with van der Waals surface area (Å²) in [7, 11) is 0. The minimum absolute atomic E-state index is 0.194. The minimum Gasteiger partial charge on any atom is -0.493 e. The topological polar surface area (TPSA) is 98.3 Å². The van der Waals surface area contributed by atoms with E-state index in [2.05, 4.69) is 17.1 Å². The number of carboxylic acids is 1. The van der Waals surface area contributed by atoms with Crippen LogP contribution in [-0.4, -0.2) is 27.9 Å². The lowest BCUT2D eigenvalue weighted by Crippen LogP contribution is -2.30. The lowest BCUT2D eigenvalue weighted by molar-refractivity contribution is -0.148. The van der Waals surface area contributed by atoms with Crippen molar-refractivity contribution in [2.75, 3.05) is 6.61 Å². The molecule has 0 saturated heterocycles. The van der Waals surface area contributed by atoms with Gasteiger partial charge in [0.15, 0.2) is 0 Å². The number of carbonyl (C=O) groups is 1. The summed E-state index contributed by atoms with van der Waals surface area (Å²) in [5.74, 6) is -1.33. The normalized spacial score (nSPS) is 14.1. The first-order valence-electron chi connectivity index (χ1n) is 12.0. The van der Waals surface area contributed by atoms with Crippen LogP contribution in [0.3, 0.4) is 0 Å². The molecule has 2 atom stereocenters. The van der Waals surface area contributed by atoms with E-state index in [1.54, 1.807) is 19.9 Å². The molecule has 2 unspecified atom stereocenters. The lowest BCUT2D eigenvalue weighted by Gasteiger charge is -2.26. The van der Waals surface area contributed by atoms with Crippen molar-refractivity contribution in [1.82, 2.24) is 10.2 Å². The van der Waals surface area contributed by atoms with E-state index < -0.39 is 29.2 Å². The molecule has 2 rings (SSSR count). The summed E-state index contributed by atoms with van der Waals surface area (Å²) in [6, 6.07) is 3.32. The van der Waals surface area contributed by atoms with Gasteiger partial charge in [0.05, 0.1) is 23.6 Å². The van der Waals surface area contributed by atoms with Crippen molar-refractivity contribution in [3.05, 3.63) is 28.8 Å². The van der Waals surface area contributed by atoms with E-state index >= 15 is 0 Å². The van der Waals surface area contributed by atoms with Gasteiger partial charge in [0.2, 0.25) is 0 Å². The number of alkyl halides is 3. The van der Waals surface area contributed by atoms with Crippen LogP contribution in [0, 0.1) is 11.3 Å². The molecule has 0 aliphatic heterocycles. The molecule has 0 bridgehead atoms. The Morgan fingerprint density at radius 2 is 1.80 bits per heavy atom. The van der Waals surface area contributed by atoms with E-state index in [0.717, 1.165) is 49.5 Å². The van der Waals surface area contributed by atoms with Gasteiger partial charge in [0.1, 0.15) is 15.8 Å². The van der Waals surface area contributed by atoms with Gasteiger partial charge in [-0.05, 0) is 50.8 Å². The third-order valence-corrected chi connectivity index (χ3v) is 7.11. The van der Waals surface area contributed by atoms with Crippen molar-refractivity contribution >= 4 is 17.3 Å².